The third kappa shape index (κ3) is 2.93. The summed E-state index contributed by atoms with van der Waals surface area (Å²) in [4.78, 5) is 4.13. The van der Waals surface area contributed by atoms with Crippen molar-refractivity contribution in [3.05, 3.63) is 5.82 Å². The zero-order chi connectivity index (χ0) is 11.4. The molecule has 6 heteroatoms. The van der Waals surface area contributed by atoms with Crippen LogP contribution in [0.5, 0.6) is 0 Å². The van der Waals surface area contributed by atoms with E-state index in [1.165, 1.54) is 0 Å². The molecule has 1 aromatic rings. The zero-order valence-electron chi connectivity index (χ0n) is 9.65. The van der Waals surface area contributed by atoms with Crippen LogP contribution in [0.3, 0.4) is 0 Å². The predicted octanol–water partition coefficient (Wildman–Crippen LogP) is -0.292. The number of anilines is 1. The van der Waals surface area contributed by atoms with Crippen LogP contribution < -0.4 is 11.1 Å². The summed E-state index contributed by atoms with van der Waals surface area (Å²) in [6, 6.07) is 0. The number of nitrogens with zero attached hydrogens (tertiary/aromatic N) is 3. The Balaban J connectivity index is 1.71. The maximum atomic E-state index is 5.77. The van der Waals surface area contributed by atoms with Gasteiger partial charge in [-0.3, -0.25) is 0 Å². The average molecular weight is 225 g/mol. The molecule has 16 heavy (non-hydrogen) atoms. The van der Waals surface area contributed by atoms with E-state index in [4.69, 9.17) is 10.5 Å². The van der Waals surface area contributed by atoms with Crippen LogP contribution in [0.2, 0.25) is 0 Å². The number of piperidine rings is 1. The van der Waals surface area contributed by atoms with Gasteiger partial charge in [0, 0.05) is 13.5 Å². The molecule has 0 aromatic carbocycles. The molecule has 90 valence electrons. The van der Waals surface area contributed by atoms with E-state index >= 15 is 0 Å². The number of hydrogen-bond acceptors (Lipinski definition) is 5. The molecule has 0 unspecified atom stereocenters. The zero-order valence-corrected chi connectivity index (χ0v) is 9.65. The van der Waals surface area contributed by atoms with E-state index in [1.807, 2.05) is 0 Å². The van der Waals surface area contributed by atoms with Crippen LogP contribution in [0.4, 0.5) is 5.95 Å². The van der Waals surface area contributed by atoms with E-state index in [9.17, 15) is 0 Å². The first-order valence-electron chi connectivity index (χ1n) is 5.73. The van der Waals surface area contributed by atoms with Crippen molar-refractivity contribution < 1.29 is 4.74 Å². The number of nitrogen functional groups attached to an aromatic ring is 1. The molecule has 1 aromatic heterocycles. The van der Waals surface area contributed by atoms with E-state index in [-0.39, 0.29) is 0 Å². The van der Waals surface area contributed by atoms with Gasteiger partial charge in [-0.1, -0.05) is 0 Å². The monoisotopic (exact) mass is 225 g/mol. The van der Waals surface area contributed by atoms with Crippen molar-refractivity contribution in [2.24, 2.45) is 7.05 Å². The fraction of sp³-hybridized carbons (Fsp3) is 0.800. The maximum Gasteiger partial charge on any atom is 0.218 e. The topological polar surface area (TPSA) is 78.0 Å². The summed E-state index contributed by atoms with van der Waals surface area (Å²) < 4.78 is 7.35. The number of hydrogen-bond donors (Lipinski definition) is 2. The third-order valence-corrected chi connectivity index (χ3v) is 2.81. The van der Waals surface area contributed by atoms with Crippen LogP contribution in [0.1, 0.15) is 18.7 Å². The first-order valence-corrected chi connectivity index (χ1v) is 5.73. The Kier molecular flexibility index (Phi) is 3.74. The minimum Gasteiger partial charge on any atom is -0.378 e. The molecule has 0 amide bonds. The molecule has 1 aliphatic heterocycles. The molecule has 2 rings (SSSR count). The predicted molar refractivity (Wildman–Crippen MR) is 61.0 cm³/mol. The van der Waals surface area contributed by atoms with Gasteiger partial charge < -0.3 is 15.8 Å². The van der Waals surface area contributed by atoms with Gasteiger partial charge >= 0.3 is 0 Å². The van der Waals surface area contributed by atoms with Gasteiger partial charge in [0.25, 0.3) is 0 Å². The lowest BCUT2D eigenvalue weighted by Gasteiger charge is -2.22. The molecule has 1 saturated heterocycles. The van der Waals surface area contributed by atoms with Gasteiger partial charge in [-0.2, -0.15) is 10.1 Å². The Morgan fingerprint density at radius 1 is 1.50 bits per heavy atom. The fourth-order valence-corrected chi connectivity index (χ4v) is 1.84. The minimum atomic E-state index is 0.391. The van der Waals surface area contributed by atoms with E-state index in [0.717, 1.165) is 38.2 Å². The highest BCUT2D eigenvalue weighted by atomic mass is 16.5. The highest BCUT2D eigenvalue weighted by Crippen LogP contribution is 2.08. The Labute approximate surface area is 95.2 Å². The van der Waals surface area contributed by atoms with Crippen molar-refractivity contribution in [1.82, 2.24) is 20.1 Å². The molecule has 6 nitrogen and oxygen atoms in total. The molecule has 0 atom stereocenters. The SMILES string of the molecule is Cn1nc(CCOC2CCNCC2)nc1N. The van der Waals surface area contributed by atoms with Crippen molar-refractivity contribution in [3.8, 4) is 0 Å². The second-order valence-corrected chi connectivity index (χ2v) is 4.08. The van der Waals surface area contributed by atoms with Crippen LogP contribution >= 0.6 is 0 Å². The first kappa shape index (κ1) is 11.3. The van der Waals surface area contributed by atoms with Gasteiger partial charge in [-0.15, -0.1) is 0 Å². The van der Waals surface area contributed by atoms with Crippen molar-refractivity contribution in [2.75, 3.05) is 25.4 Å². The Hall–Kier alpha value is -1.14. The highest BCUT2D eigenvalue weighted by Gasteiger charge is 2.13. The molecular weight excluding hydrogens is 206 g/mol. The number of rotatable bonds is 4. The molecule has 0 bridgehead atoms. The minimum absolute atomic E-state index is 0.391. The average Bonchev–Trinajstić information content (AvgIpc) is 2.60. The van der Waals surface area contributed by atoms with Gasteiger partial charge in [0.15, 0.2) is 5.82 Å². The second-order valence-electron chi connectivity index (χ2n) is 4.08. The Bertz CT molecular complexity index is 312. The summed E-state index contributed by atoms with van der Waals surface area (Å²) in [5.41, 5.74) is 5.60. The summed E-state index contributed by atoms with van der Waals surface area (Å²) in [5.74, 6) is 1.21. The van der Waals surface area contributed by atoms with Gasteiger partial charge in [-0.05, 0) is 25.9 Å². The smallest absolute Gasteiger partial charge is 0.218 e. The number of nitrogens with one attached hydrogen (secondary N) is 1. The summed E-state index contributed by atoms with van der Waals surface area (Å²) in [7, 11) is 1.79. The van der Waals surface area contributed by atoms with Crippen molar-refractivity contribution >= 4 is 5.95 Å². The summed E-state index contributed by atoms with van der Waals surface area (Å²) in [5, 5.41) is 7.49. The normalized spacial score (nSPS) is 17.8. The van der Waals surface area contributed by atoms with E-state index < -0.39 is 0 Å². The van der Waals surface area contributed by atoms with Gasteiger partial charge in [0.05, 0.1) is 12.7 Å². The molecule has 1 fully saturated rings. The van der Waals surface area contributed by atoms with Crippen LogP contribution in [-0.2, 0) is 18.2 Å². The highest BCUT2D eigenvalue weighted by molar-refractivity contribution is 5.15. The molecular formula is C10H19N5O. The van der Waals surface area contributed by atoms with Crippen LogP contribution in [0, 0.1) is 0 Å². The number of nitrogens with two attached hydrogens (primary N) is 1. The fourth-order valence-electron chi connectivity index (χ4n) is 1.84. The largest absolute Gasteiger partial charge is 0.378 e. The van der Waals surface area contributed by atoms with Crippen molar-refractivity contribution in [3.63, 3.8) is 0 Å². The number of aryl methyl sites for hydroxylation is 1. The van der Waals surface area contributed by atoms with Crippen LogP contribution in [-0.4, -0.2) is 40.6 Å². The summed E-state index contributed by atoms with van der Waals surface area (Å²) >= 11 is 0. The molecule has 2 heterocycles. The Morgan fingerprint density at radius 3 is 2.88 bits per heavy atom. The lowest BCUT2D eigenvalue weighted by Crippen LogP contribution is -2.32. The molecule has 0 saturated carbocycles. The van der Waals surface area contributed by atoms with Crippen LogP contribution in [0.25, 0.3) is 0 Å². The first-order chi connectivity index (χ1) is 7.75. The number of ether oxygens (including phenoxy) is 1. The standard InChI is InChI=1S/C10H19N5O/c1-15-10(11)13-9(14-15)4-7-16-8-2-5-12-6-3-8/h8,12H,2-7H2,1H3,(H2,11,13,14). The van der Waals surface area contributed by atoms with E-state index in [2.05, 4.69) is 15.4 Å². The van der Waals surface area contributed by atoms with Gasteiger partial charge in [0.1, 0.15) is 0 Å². The van der Waals surface area contributed by atoms with Gasteiger partial charge in [-0.25, -0.2) is 4.68 Å². The molecule has 0 aliphatic carbocycles. The Morgan fingerprint density at radius 2 is 2.25 bits per heavy atom. The molecule has 3 N–H and O–H groups in total. The summed E-state index contributed by atoms with van der Waals surface area (Å²) in [6.45, 7) is 2.78. The van der Waals surface area contributed by atoms with Crippen molar-refractivity contribution in [2.45, 2.75) is 25.4 Å². The van der Waals surface area contributed by atoms with E-state index in [0.29, 0.717) is 18.7 Å². The van der Waals surface area contributed by atoms with E-state index in [1.54, 1.807) is 11.7 Å². The molecule has 0 spiro atoms. The maximum absolute atomic E-state index is 5.77. The quantitative estimate of drug-likeness (QED) is 0.736. The molecule has 0 radical (unpaired) electrons. The van der Waals surface area contributed by atoms with Crippen LogP contribution in [0.15, 0.2) is 0 Å². The second kappa shape index (κ2) is 5.27. The lowest BCUT2D eigenvalue weighted by atomic mass is 10.1. The van der Waals surface area contributed by atoms with Crippen molar-refractivity contribution in [1.29, 1.82) is 0 Å². The van der Waals surface area contributed by atoms with Gasteiger partial charge in [0.2, 0.25) is 5.95 Å². The molecule has 1 aliphatic rings. The lowest BCUT2D eigenvalue weighted by molar-refractivity contribution is 0.0342. The summed E-state index contributed by atoms with van der Waals surface area (Å²) in [6.07, 6.45) is 3.31. The number of aromatic nitrogens is 3. The third-order valence-electron chi connectivity index (χ3n) is 2.81.